The first-order valence-electron chi connectivity index (χ1n) is 5.67. The molecule has 0 saturated heterocycles. The smallest absolute Gasteiger partial charge is 0.233 e. The minimum atomic E-state index is 0.597. The second-order valence-electron chi connectivity index (χ2n) is 4.00. The molecule has 0 radical (unpaired) electrons. The van der Waals surface area contributed by atoms with E-state index in [-0.39, 0.29) is 0 Å². The number of nitrogens with one attached hydrogen (secondary N) is 1. The number of hydrogen-bond acceptors (Lipinski definition) is 5. The van der Waals surface area contributed by atoms with Gasteiger partial charge in [0.25, 0.3) is 0 Å². The quantitative estimate of drug-likeness (QED) is 0.703. The molecule has 7 nitrogen and oxygen atoms in total. The van der Waals surface area contributed by atoms with Gasteiger partial charge in [-0.25, -0.2) is 14.6 Å². The Hall–Kier alpha value is -2.28. The van der Waals surface area contributed by atoms with Crippen LogP contribution in [-0.4, -0.2) is 36.4 Å². The molecule has 0 fully saturated rings. The van der Waals surface area contributed by atoms with Gasteiger partial charge in [0.2, 0.25) is 5.78 Å². The van der Waals surface area contributed by atoms with Crippen molar-refractivity contribution in [1.82, 2.24) is 34.7 Å². The topological polar surface area (TPSA) is 72.9 Å². The van der Waals surface area contributed by atoms with Crippen LogP contribution in [0.1, 0.15) is 11.4 Å². The Morgan fingerprint density at radius 2 is 2.22 bits per heavy atom. The molecule has 0 aliphatic carbocycles. The summed E-state index contributed by atoms with van der Waals surface area (Å²) < 4.78 is 3.66. The number of nitrogens with zero attached hydrogens (tertiary/aromatic N) is 6. The monoisotopic (exact) mass is 243 g/mol. The van der Waals surface area contributed by atoms with Crippen molar-refractivity contribution in [3.8, 4) is 0 Å². The molecule has 92 valence electrons. The number of aromatic nitrogens is 6. The van der Waals surface area contributed by atoms with Crippen LogP contribution in [0.3, 0.4) is 0 Å². The van der Waals surface area contributed by atoms with Crippen molar-refractivity contribution in [2.24, 2.45) is 0 Å². The highest BCUT2D eigenvalue weighted by Gasteiger charge is 2.05. The highest BCUT2D eigenvalue weighted by atomic mass is 15.4. The summed E-state index contributed by atoms with van der Waals surface area (Å²) in [4.78, 5) is 8.59. The lowest BCUT2D eigenvalue weighted by Gasteiger charge is -1.94. The maximum atomic E-state index is 4.41. The summed E-state index contributed by atoms with van der Waals surface area (Å²) in [5.74, 6) is 0.697. The van der Waals surface area contributed by atoms with E-state index < -0.39 is 0 Å². The number of fused-ring (bicyclic) bond motifs is 1. The van der Waals surface area contributed by atoms with Crippen LogP contribution < -0.4 is 5.32 Å². The first-order valence-corrected chi connectivity index (χ1v) is 5.67. The van der Waals surface area contributed by atoms with Gasteiger partial charge in [0.05, 0.1) is 24.1 Å². The third kappa shape index (κ3) is 2.07. The summed E-state index contributed by atoms with van der Waals surface area (Å²) >= 11 is 0. The van der Waals surface area contributed by atoms with Crippen molar-refractivity contribution >= 4 is 5.78 Å². The summed E-state index contributed by atoms with van der Waals surface area (Å²) in [5.41, 5.74) is 1.83. The first-order chi connectivity index (χ1) is 8.85. The minimum absolute atomic E-state index is 0.597. The van der Waals surface area contributed by atoms with Gasteiger partial charge in [-0.1, -0.05) is 5.21 Å². The Morgan fingerprint density at radius 3 is 3.06 bits per heavy atom. The van der Waals surface area contributed by atoms with Crippen molar-refractivity contribution in [1.29, 1.82) is 0 Å². The number of hydrogen-bond donors (Lipinski definition) is 1. The van der Waals surface area contributed by atoms with Crippen LogP contribution in [0.2, 0.25) is 0 Å². The molecule has 3 heterocycles. The highest BCUT2D eigenvalue weighted by molar-refractivity contribution is 5.29. The Kier molecular flexibility index (Phi) is 2.73. The second-order valence-corrected chi connectivity index (χ2v) is 4.00. The first kappa shape index (κ1) is 10.8. The van der Waals surface area contributed by atoms with E-state index in [0.717, 1.165) is 11.4 Å². The normalized spacial score (nSPS) is 11.2. The van der Waals surface area contributed by atoms with Crippen LogP contribution in [0.5, 0.6) is 0 Å². The zero-order valence-electron chi connectivity index (χ0n) is 9.98. The van der Waals surface area contributed by atoms with Crippen LogP contribution in [-0.2, 0) is 13.1 Å². The lowest BCUT2D eigenvalue weighted by atomic mass is 10.4. The fraction of sp³-hybridized carbons (Fsp3) is 0.273. The fourth-order valence-electron chi connectivity index (χ4n) is 1.80. The lowest BCUT2D eigenvalue weighted by molar-refractivity contribution is 0.640. The van der Waals surface area contributed by atoms with Crippen LogP contribution in [0.25, 0.3) is 5.78 Å². The van der Waals surface area contributed by atoms with E-state index >= 15 is 0 Å². The molecule has 7 heteroatoms. The van der Waals surface area contributed by atoms with Crippen LogP contribution in [0, 0.1) is 0 Å². The van der Waals surface area contributed by atoms with E-state index in [1.807, 2.05) is 36.1 Å². The SMILES string of the molecule is CNCc1cn(Cc2cn3cccnc3n2)nn1. The zero-order valence-corrected chi connectivity index (χ0v) is 9.98. The standard InChI is InChI=1S/C11H13N7/c1-12-5-9-7-18(16-15-9)8-10-6-17-4-2-3-13-11(17)14-10/h2-4,6-7,12H,5,8H2,1H3. The fourth-order valence-corrected chi connectivity index (χ4v) is 1.80. The van der Waals surface area contributed by atoms with Gasteiger partial charge in [-0.15, -0.1) is 5.10 Å². The molecule has 18 heavy (non-hydrogen) atoms. The largest absolute Gasteiger partial charge is 0.314 e. The van der Waals surface area contributed by atoms with E-state index in [2.05, 4.69) is 25.6 Å². The molecule has 0 aliphatic heterocycles. The van der Waals surface area contributed by atoms with E-state index in [4.69, 9.17) is 0 Å². The molecule has 1 N–H and O–H groups in total. The molecule has 0 aliphatic rings. The lowest BCUT2D eigenvalue weighted by Crippen LogP contribution is -2.05. The van der Waals surface area contributed by atoms with Crippen molar-refractivity contribution in [3.05, 3.63) is 42.2 Å². The van der Waals surface area contributed by atoms with Crippen LogP contribution in [0.4, 0.5) is 0 Å². The molecule has 3 aromatic rings. The van der Waals surface area contributed by atoms with Crippen molar-refractivity contribution in [3.63, 3.8) is 0 Å². The average Bonchev–Trinajstić information content (AvgIpc) is 2.96. The molecule has 3 aromatic heterocycles. The maximum Gasteiger partial charge on any atom is 0.233 e. The van der Waals surface area contributed by atoms with Gasteiger partial charge >= 0.3 is 0 Å². The Labute approximate surface area is 103 Å². The van der Waals surface area contributed by atoms with E-state index in [1.54, 1.807) is 10.9 Å². The molecule has 0 aromatic carbocycles. The predicted molar refractivity (Wildman–Crippen MR) is 64.9 cm³/mol. The minimum Gasteiger partial charge on any atom is -0.314 e. The van der Waals surface area contributed by atoms with Gasteiger partial charge in [0, 0.05) is 25.1 Å². The summed E-state index contributed by atoms with van der Waals surface area (Å²) in [6.45, 7) is 1.31. The van der Waals surface area contributed by atoms with E-state index in [1.165, 1.54) is 0 Å². The van der Waals surface area contributed by atoms with Crippen LogP contribution in [0.15, 0.2) is 30.9 Å². The molecule has 0 atom stereocenters. The van der Waals surface area contributed by atoms with E-state index in [9.17, 15) is 0 Å². The Bertz CT molecular complexity index is 621. The number of imidazole rings is 1. The summed E-state index contributed by atoms with van der Waals surface area (Å²) in [6.07, 6.45) is 7.51. The molecule has 3 rings (SSSR count). The van der Waals surface area contributed by atoms with Gasteiger partial charge < -0.3 is 5.32 Å². The van der Waals surface area contributed by atoms with Gasteiger partial charge in [0.1, 0.15) is 0 Å². The van der Waals surface area contributed by atoms with Gasteiger partial charge in [-0.2, -0.15) is 0 Å². The molecule has 0 saturated carbocycles. The molecule has 0 spiro atoms. The third-order valence-corrected chi connectivity index (χ3v) is 2.55. The zero-order chi connectivity index (χ0) is 12.4. The summed E-state index contributed by atoms with van der Waals surface area (Å²) in [5, 5.41) is 11.2. The van der Waals surface area contributed by atoms with Crippen molar-refractivity contribution in [2.75, 3.05) is 7.05 Å². The number of rotatable bonds is 4. The molecular formula is C11H13N7. The molecule has 0 amide bonds. The van der Waals surface area contributed by atoms with Crippen LogP contribution >= 0.6 is 0 Å². The predicted octanol–water partition coefficient (Wildman–Crippen LogP) is 0.0885. The van der Waals surface area contributed by atoms with Gasteiger partial charge in [-0.3, -0.25) is 4.40 Å². The average molecular weight is 243 g/mol. The van der Waals surface area contributed by atoms with Crippen molar-refractivity contribution in [2.45, 2.75) is 13.1 Å². The second kappa shape index (κ2) is 4.53. The van der Waals surface area contributed by atoms with E-state index in [0.29, 0.717) is 18.9 Å². The summed E-state index contributed by atoms with van der Waals surface area (Å²) in [6, 6.07) is 1.87. The van der Waals surface area contributed by atoms with Gasteiger partial charge in [0.15, 0.2) is 0 Å². The summed E-state index contributed by atoms with van der Waals surface area (Å²) in [7, 11) is 1.88. The molecule has 0 unspecified atom stereocenters. The Morgan fingerprint density at radius 1 is 1.28 bits per heavy atom. The Balaban J connectivity index is 1.82. The van der Waals surface area contributed by atoms with Gasteiger partial charge in [-0.05, 0) is 13.1 Å². The highest BCUT2D eigenvalue weighted by Crippen LogP contribution is 2.04. The molecular weight excluding hydrogens is 230 g/mol. The maximum absolute atomic E-state index is 4.41. The third-order valence-electron chi connectivity index (χ3n) is 2.55. The molecule has 0 bridgehead atoms. The van der Waals surface area contributed by atoms with Crippen molar-refractivity contribution < 1.29 is 0 Å².